The standard InChI is InChI=1S/C19H23N3O.C2HF3O2/c23-18-19(21-17(20-18)14-4-2-1-3-5-14)9-8-15-11-22(12-16(15)19)10-13-6-7-13;3-2(4,5)1(6)7/h1-5,13,15-16H,6-12H2,(H,20,21,23);(H,6,7)/t15-,16+,19-;/m1./s1. The molecule has 0 bridgehead atoms. The van der Waals surface area contributed by atoms with E-state index >= 15 is 0 Å². The fourth-order valence-corrected chi connectivity index (χ4v) is 4.85. The van der Waals surface area contributed by atoms with Crippen molar-refractivity contribution >= 4 is 17.7 Å². The number of nitrogens with zero attached hydrogens (tertiary/aromatic N) is 2. The molecule has 1 aromatic carbocycles. The Balaban J connectivity index is 0.000000272. The lowest BCUT2D eigenvalue weighted by Crippen LogP contribution is -2.45. The van der Waals surface area contributed by atoms with Crippen molar-refractivity contribution in [1.82, 2.24) is 10.2 Å². The third-order valence-corrected chi connectivity index (χ3v) is 6.47. The van der Waals surface area contributed by atoms with E-state index in [9.17, 15) is 18.0 Å². The van der Waals surface area contributed by atoms with E-state index < -0.39 is 17.7 Å². The lowest BCUT2D eigenvalue weighted by Gasteiger charge is -2.25. The number of carboxylic acid groups (broad SMARTS) is 1. The summed E-state index contributed by atoms with van der Waals surface area (Å²) in [6, 6.07) is 10.0. The van der Waals surface area contributed by atoms with E-state index in [1.165, 1.54) is 25.9 Å². The number of amides is 1. The molecular formula is C21H24F3N3O3. The molecule has 2 N–H and O–H groups in total. The molecule has 1 aromatic rings. The topological polar surface area (TPSA) is 82.0 Å². The molecule has 162 valence electrons. The molecule has 2 aliphatic heterocycles. The van der Waals surface area contributed by atoms with Crippen molar-refractivity contribution in [1.29, 1.82) is 0 Å². The average molecular weight is 423 g/mol. The van der Waals surface area contributed by atoms with Gasteiger partial charge in [-0.1, -0.05) is 30.3 Å². The van der Waals surface area contributed by atoms with Crippen LogP contribution in [0.4, 0.5) is 13.2 Å². The van der Waals surface area contributed by atoms with Crippen molar-refractivity contribution in [2.24, 2.45) is 22.7 Å². The van der Waals surface area contributed by atoms with Crippen LogP contribution in [0.25, 0.3) is 0 Å². The summed E-state index contributed by atoms with van der Waals surface area (Å²) in [7, 11) is 0. The highest BCUT2D eigenvalue weighted by molar-refractivity contribution is 6.15. The number of alkyl halides is 3. The number of likely N-dealkylation sites (tertiary alicyclic amines) is 1. The van der Waals surface area contributed by atoms with E-state index in [1.54, 1.807) is 0 Å². The summed E-state index contributed by atoms with van der Waals surface area (Å²) in [6.45, 7) is 3.46. The summed E-state index contributed by atoms with van der Waals surface area (Å²) in [6.07, 6.45) is -0.228. The first kappa shape index (κ1) is 20.8. The minimum Gasteiger partial charge on any atom is -0.475 e. The number of rotatable bonds is 3. The molecule has 6 nitrogen and oxygen atoms in total. The maximum Gasteiger partial charge on any atom is 0.490 e. The second-order valence-electron chi connectivity index (χ2n) is 8.57. The highest BCUT2D eigenvalue weighted by atomic mass is 19.4. The second kappa shape index (κ2) is 7.68. The summed E-state index contributed by atoms with van der Waals surface area (Å²) in [5.74, 6) is 0.132. The van der Waals surface area contributed by atoms with Crippen molar-refractivity contribution in [3.8, 4) is 0 Å². The summed E-state index contributed by atoms with van der Waals surface area (Å²) >= 11 is 0. The Kier molecular flexibility index (Phi) is 5.34. The molecule has 30 heavy (non-hydrogen) atoms. The monoisotopic (exact) mass is 423 g/mol. The van der Waals surface area contributed by atoms with E-state index in [1.807, 2.05) is 30.3 Å². The molecule has 0 aromatic heterocycles. The van der Waals surface area contributed by atoms with Gasteiger partial charge < -0.3 is 15.3 Å². The fourth-order valence-electron chi connectivity index (χ4n) is 4.85. The normalized spacial score (nSPS) is 30.5. The van der Waals surface area contributed by atoms with Crippen LogP contribution in [0.5, 0.6) is 0 Å². The third-order valence-electron chi connectivity index (χ3n) is 6.47. The van der Waals surface area contributed by atoms with Gasteiger partial charge in [0.1, 0.15) is 11.4 Å². The maximum absolute atomic E-state index is 12.8. The molecule has 4 aliphatic rings. The number of hydrogen-bond donors (Lipinski definition) is 2. The van der Waals surface area contributed by atoms with E-state index in [2.05, 4.69) is 10.2 Å². The van der Waals surface area contributed by atoms with Crippen LogP contribution in [0.1, 0.15) is 31.2 Å². The Morgan fingerprint density at radius 3 is 2.47 bits per heavy atom. The van der Waals surface area contributed by atoms with Crippen LogP contribution in [0.3, 0.4) is 0 Å². The molecule has 1 spiro atoms. The van der Waals surface area contributed by atoms with Crippen molar-refractivity contribution in [3.63, 3.8) is 0 Å². The highest BCUT2D eigenvalue weighted by Crippen LogP contribution is 2.49. The number of fused-ring (bicyclic) bond motifs is 2. The number of amidine groups is 1. The summed E-state index contributed by atoms with van der Waals surface area (Å²) in [5.41, 5.74) is 0.530. The molecule has 5 rings (SSSR count). The van der Waals surface area contributed by atoms with Gasteiger partial charge in [0.05, 0.1) is 0 Å². The minimum atomic E-state index is -5.08. The number of carboxylic acids is 1. The number of carbonyl (C=O) groups is 2. The second-order valence-corrected chi connectivity index (χ2v) is 8.57. The average Bonchev–Trinajstić information content (AvgIpc) is 3.17. The smallest absolute Gasteiger partial charge is 0.475 e. The molecular weight excluding hydrogens is 399 g/mol. The van der Waals surface area contributed by atoms with Crippen molar-refractivity contribution in [2.45, 2.75) is 37.4 Å². The van der Waals surface area contributed by atoms with Crippen LogP contribution in [0.2, 0.25) is 0 Å². The number of aliphatic carboxylic acids is 1. The molecule has 0 radical (unpaired) electrons. The van der Waals surface area contributed by atoms with E-state index in [0.29, 0.717) is 11.8 Å². The first-order valence-corrected chi connectivity index (χ1v) is 10.2. The van der Waals surface area contributed by atoms with Crippen LogP contribution < -0.4 is 5.32 Å². The number of aliphatic imine (C=N–C) groups is 1. The fraction of sp³-hybridized carbons (Fsp3) is 0.571. The quantitative estimate of drug-likeness (QED) is 0.783. The molecule has 3 atom stereocenters. The van der Waals surface area contributed by atoms with Crippen molar-refractivity contribution < 1.29 is 27.9 Å². The van der Waals surface area contributed by atoms with Gasteiger partial charge in [0.25, 0.3) is 5.91 Å². The number of carbonyl (C=O) groups excluding carboxylic acids is 1. The van der Waals surface area contributed by atoms with Crippen LogP contribution in [0.15, 0.2) is 35.3 Å². The zero-order valence-electron chi connectivity index (χ0n) is 16.4. The molecule has 2 saturated carbocycles. The Bertz CT molecular complexity index is 854. The van der Waals surface area contributed by atoms with Crippen molar-refractivity contribution in [2.75, 3.05) is 19.6 Å². The van der Waals surface area contributed by atoms with Gasteiger partial charge in [0, 0.05) is 31.1 Å². The first-order chi connectivity index (χ1) is 14.2. The predicted octanol–water partition coefficient (Wildman–Crippen LogP) is 2.69. The Morgan fingerprint density at radius 2 is 1.87 bits per heavy atom. The van der Waals surface area contributed by atoms with Gasteiger partial charge in [-0.3, -0.25) is 9.79 Å². The lowest BCUT2D eigenvalue weighted by molar-refractivity contribution is -0.192. The number of halogens is 3. The van der Waals surface area contributed by atoms with E-state index in [4.69, 9.17) is 14.9 Å². The SMILES string of the molecule is O=C(O)C(F)(F)F.O=C1NC(c2ccccc2)=N[C@@]12CC[C@@H]1CN(CC3CC3)C[C@@H]12. The summed E-state index contributed by atoms with van der Waals surface area (Å²) < 4.78 is 31.7. The Morgan fingerprint density at radius 1 is 1.20 bits per heavy atom. The van der Waals surface area contributed by atoms with Gasteiger partial charge in [-0.15, -0.1) is 0 Å². The third kappa shape index (κ3) is 4.08. The van der Waals surface area contributed by atoms with E-state index in [0.717, 1.165) is 36.7 Å². The zero-order chi connectivity index (χ0) is 21.5. The molecule has 0 unspecified atom stereocenters. The van der Waals surface area contributed by atoms with Gasteiger partial charge in [-0.05, 0) is 37.5 Å². The van der Waals surface area contributed by atoms with Gasteiger partial charge in [-0.25, -0.2) is 4.79 Å². The molecule has 2 heterocycles. The van der Waals surface area contributed by atoms with Gasteiger partial charge in [0.2, 0.25) is 0 Å². The van der Waals surface area contributed by atoms with Gasteiger partial charge >= 0.3 is 12.1 Å². The summed E-state index contributed by atoms with van der Waals surface area (Å²) in [5, 5.41) is 10.2. The number of nitrogens with one attached hydrogen (secondary N) is 1. The molecule has 1 saturated heterocycles. The minimum absolute atomic E-state index is 0.136. The van der Waals surface area contributed by atoms with E-state index in [-0.39, 0.29) is 5.91 Å². The van der Waals surface area contributed by atoms with Crippen molar-refractivity contribution in [3.05, 3.63) is 35.9 Å². The van der Waals surface area contributed by atoms with Gasteiger partial charge in [0.15, 0.2) is 0 Å². The summed E-state index contributed by atoms with van der Waals surface area (Å²) in [4.78, 5) is 29.3. The first-order valence-electron chi connectivity index (χ1n) is 10.2. The Labute approximate surface area is 172 Å². The van der Waals surface area contributed by atoms with Gasteiger partial charge in [-0.2, -0.15) is 13.2 Å². The van der Waals surface area contributed by atoms with Crippen LogP contribution in [0, 0.1) is 17.8 Å². The highest BCUT2D eigenvalue weighted by Gasteiger charge is 2.59. The largest absolute Gasteiger partial charge is 0.490 e. The number of hydrogen-bond acceptors (Lipinski definition) is 4. The molecule has 9 heteroatoms. The molecule has 1 amide bonds. The lowest BCUT2D eigenvalue weighted by atomic mass is 9.85. The van der Waals surface area contributed by atoms with Crippen LogP contribution >= 0.6 is 0 Å². The molecule has 3 fully saturated rings. The number of benzene rings is 1. The van der Waals surface area contributed by atoms with Crippen LogP contribution in [-0.4, -0.2) is 59.1 Å². The molecule has 2 aliphatic carbocycles. The zero-order valence-corrected chi connectivity index (χ0v) is 16.4. The Hall–Kier alpha value is -2.42. The maximum atomic E-state index is 12.8. The van der Waals surface area contributed by atoms with Crippen LogP contribution in [-0.2, 0) is 9.59 Å². The predicted molar refractivity (Wildman–Crippen MR) is 103 cm³/mol.